The Kier molecular flexibility index (Phi) is 3.13. The molecule has 1 atom stereocenters. The molecule has 14 heavy (non-hydrogen) atoms. The molecule has 0 N–H and O–H groups in total. The van der Waals surface area contributed by atoms with Crippen LogP contribution in [0, 0.1) is 0 Å². The summed E-state index contributed by atoms with van der Waals surface area (Å²) >= 11 is 0. The number of likely N-dealkylation sites (tertiary alicyclic amines) is 1. The Morgan fingerprint density at radius 2 is 2.14 bits per heavy atom. The van der Waals surface area contributed by atoms with Crippen molar-refractivity contribution in [1.82, 2.24) is 4.90 Å². The summed E-state index contributed by atoms with van der Waals surface area (Å²) in [6.45, 7) is 4.26. The SMILES string of the molecule is CCC(=O)[C@]1(C)CCCN1C(=O)OC. The van der Waals surface area contributed by atoms with Gasteiger partial charge >= 0.3 is 6.09 Å². The third-order valence-electron chi connectivity index (χ3n) is 2.96. The van der Waals surface area contributed by atoms with Crippen LogP contribution in [0.4, 0.5) is 4.79 Å². The minimum Gasteiger partial charge on any atom is -0.453 e. The number of nitrogens with zero attached hydrogens (tertiary/aromatic N) is 1. The fourth-order valence-corrected chi connectivity index (χ4v) is 2.04. The Morgan fingerprint density at radius 1 is 1.50 bits per heavy atom. The van der Waals surface area contributed by atoms with Crippen molar-refractivity contribution in [2.24, 2.45) is 0 Å². The van der Waals surface area contributed by atoms with E-state index in [0.717, 1.165) is 12.8 Å². The highest BCUT2D eigenvalue weighted by atomic mass is 16.5. The van der Waals surface area contributed by atoms with Crippen molar-refractivity contribution >= 4 is 11.9 Å². The second-order valence-corrected chi connectivity index (χ2v) is 3.78. The summed E-state index contributed by atoms with van der Waals surface area (Å²) in [5.41, 5.74) is -0.637. The smallest absolute Gasteiger partial charge is 0.410 e. The maximum atomic E-state index is 11.7. The maximum absolute atomic E-state index is 11.7. The zero-order chi connectivity index (χ0) is 10.8. The van der Waals surface area contributed by atoms with Crippen LogP contribution in [0.2, 0.25) is 0 Å². The molecule has 1 aliphatic heterocycles. The quantitative estimate of drug-likeness (QED) is 0.678. The number of hydrogen-bond acceptors (Lipinski definition) is 3. The second-order valence-electron chi connectivity index (χ2n) is 3.78. The average molecular weight is 199 g/mol. The van der Waals surface area contributed by atoms with Gasteiger partial charge < -0.3 is 4.74 Å². The molecule has 4 nitrogen and oxygen atoms in total. The summed E-state index contributed by atoms with van der Waals surface area (Å²) < 4.78 is 4.66. The van der Waals surface area contributed by atoms with E-state index < -0.39 is 11.6 Å². The second kappa shape index (κ2) is 3.98. The Hall–Kier alpha value is -1.06. The molecule has 0 aromatic carbocycles. The summed E-state index contributed by atoms with van der Waals surface area (Å²) in [4.78, 5) is 24.7. The Balaban J connectivity index is 2.86. The van der Waals surface area contributed by atoms with E-state index in [2.05, 4.69) is 4.74 Å². The molecule has 1 amide bonds. The lowest BCUT2D eigenvalue weighted by molar-refractivity contribution is -0.127. The molecule has 0 spiro atoms. The number of amides is 1. The van der Waals surface area contributed by atoms with E-state index in [-0.39, 0.29) is 5.78 Å². The third kappa shape index (κ3) is 1.61. The number of carbonyl (C=O) groups excluding carboxylic acids is 2. The average Bonchev–Trinajstić information content (AvgIpc) is 2.59. The lowest BCUT2D eigenvalue weighted by Crippen LogP contribution is -2.50. The topological polar surface area (TPSA) is 46.6 Å². The molecular weight excluding hydrogens is 182 g/mol. The molecule has 1 heterocycles. The standard InChI is InChI=1S/C10H17NO3/c1-4-8(12)10(2)6-5-7-11(10)9(13)14-3/h4-7H2,1-3H3/t10-/m0/s1. The summed E-state index contributed by atoms with van der Waals surface area (Å²) in [7, 11) is 1.34. The molecule has 0 saturated carbocycles. The highest BCUT2D eigenvalue weighted by Gasteiger charge is 2.44. The van der Waals surface area contributed by atoms with Crippen molar-refractivity contribution in [1.29, 1.82) is 0 Å². The van der Waals surface area contributed by atoms with Gasteiger partial charge in [-0.15, -0.1) is 0 Å². The van der Waals surface area contributed by atoms with Crippen molar-refractivity contribution in [3.8, 4) is 0 Å². The fraction of sp³-hybridized carbons (Fsp3) is 0.800. The lowest BCUT2D eigenvalue weighted by Gasteiger charge is -2.32. The predicted octanol–water partition coefficient (Wildman–Crippen LogP) is 1.59. The first-order valence-corrected chi connectivity index (χ1v) is 4.95. The Labute approximate surface area is 84.2 Å². The fourth-order valence-electron chi connectivity index (χ4n) is 2.04. The molecule has 0 aromatic heterocycles. The first-order chi connectivity index (χ1) is 6.56. The first kappa shape index (κ1) is 11.0. The van der Waals surface area contributed by atoms with Gasteiger partial charge in [0, 0.05) is 13.0 Å². The van der Waals surface area contributed by atoms with Gasteiger partial charge in [0.25, 0.3) is 0 Å². The summed E-state index contributed by atoms with van der Waals surface area (Å²) in [5.74, 6) is 0.111. The number of Topliss-reactive ketones (excluding diaryl/α,β-unsaturated/α-hetero) is 1. The van der Waals surface area contributed by atoms with E-state index in [0.29, 0.717) is 13.0 Å². The van der Waals surface area contributed by atoms with Crippen LogP contribution in [0.5, 0.6) is 0 Å². The van der Waals surface area contributed by atoms with Gasteiger partial charge in [-0.25, -0.2) is 4.79 Å². The Bertz CT molecular complexity index is 252. The minimum atomic E-state index is -0.637. The van der Waals surface area contributed by atoms with E-state index in [1.165, 1.54) is 7.11 Å². The minimum absolute atomic E-state index is 0.111. The van der Waals surface area contributed by atoms with Crippen molar-refractivity contribution in [2.75, 3.05) is 13.7 Å². The molecule has 0 aromatic rings. The molecule has 1 rings (SSSR count). The van der Waals surface area contributed by atoms with Crippen LogP contribution in [0.25, 0.3) is 0 Å². The lowest BCUT2D eigenvalue weighted by atomic mass is 9.92. The van der Waals surface area contributed by atoms with Crippen LogP contribution in [0.1, 0.15) is 33.1 Å². The highest BCUT2D eigenvalue weighted by Crippen LogP contribution is 2.31. The van der Waals surface area contributed by atoms with Crippen LogP contribution in [-0.4, -0.2) is 36.0 Å². The van der Waals surface area contributed by atoms with E-state index in [1.54, 1.807) is 4.90 Å². The molecule has 1 fully saturated rings. The van der Waals surface area contributed by atoms with Gasteiger partial charge in [-0.2, -0.15) is 0 Å². The van der Waals surface area contributed by atoms with Gasteiger partial charge in [0.05, 0.1) is 7.11 Å². The van der Waals surface area contributed by atoms with Crippen LogP contribution >= 0.6 is 0 Å². The number of hydrogen-bond donors (Lipinski definition) is 0. The molecule has 0 aliphatic carbocycles. The van der Waals surface area contributed by atoms with E-state index >= 15 is 0 Å². The van der Waals surface area contributed by atoms with Gasteiger partial charge in [-0.05, 0) is 19.8 Å². The largest absolute Gasteiger partial charge is 0.453 e. The molecule has 1 saturated heterocycles. The molecule has 0 bridgehead atoms. The van der Waals surface area contributed by atoms with Gasteiger partial charge in [0.2, 0.25) is 0 Å². The van der Waals surface area contributed by atoms with E-state index in [1.807, 2.05) is 13.8 Å². The Morgan fingerprint density at radius 3 is 2.64 bits per heavy atom. The molecule has 0 unspecified atom stereocenters. The molecule has 80 valence electrons. The van der Waals surface area contributed by atoms with Gasteiger partial charge in [-0.1, -0.05) is 6.92 Å². The third-order valence-corrected chi connectivity index (χ3v) is 2.96. The number of methoxy groups -OCH3 is 1. The van der Waals surface area contributed by atoms with Gasteiger partial charge in [0.1, 0.15) is 5.54 Å². The molecule has 0 radical (unpaired) electrons. The van der Waals surface area contributed by atoms with Crippen molar-refractivity contribution < 1.29 is 14.3 Å². The van der Waals surface area contributed by atoms with Crippen LogP contribution in [0.3, 0.4) is 0 Å². The summed E-state index contributed by atoms with van der Waals surface area (Å²) in [6, 6.07) is 0. The number of ketones is 1. The number of carbonyl (C=O) groups is 2. The van der Waals surface area contributed by atoms with E-state index in [4.69, 9.17) is 0 Å². The monoisotopic (exact) mass is 199 g/mol. The number of ether oxygens (including phenoxy) is 1. The van der Waals surface area contributed by atoms with Gasteiger partial charge in [-0.3, -0.25) is 9.69 Å². The van der Waals surface area contributed by atoms with Crippen LogP contribution in [-0.2, 0) is 9.53 Å². The first-order valence-electron chi connectivity index (χ1n) is 4.95. The van der Waals surface area contributed by atoms with Crippen molar-refractivity contribution in [3.63, 3.8) is 0 Å². The zero-order valence-corrected chi connectivity index (χ0v) is 9.00. The normalized spacial score (nSPS) is 26.4. The van der Waals surface area contributed by atoms with Crippen molar-refractivity contribution in [2.45, 2.75) is 38.6 Å². The molecular formula is C10H17NO3. The molecule has 4 heteroatoms. The van der Waals surface area contributed by atoms with Crippen LogP contribution in [0.15, 0.2) is 0 Å². The maximum Gasteiger partial charge on any atom is 0.410 e. The number of rotatable bonds is 2. The summed E-state index contributed by atoms with van der Waals surface area (Å²) in [6.07, 6.45) is 1.68. The van der Waals surface area contributed by atoms with Crippen molar-refractivity contribution in [3.05, 3.63) is 0 Å². The molecule has 1 aliphatic rings. The van der Waals surface area contributed by atoms with Gasteiger partial charge in [0.15, 0.2) is 5.78 Å². The van der Waals surface area contributed by atoms with Crippen LogP contribution < -0.4 is 0 Å². The van der Waals surface area contributed by atoms with E-state index in [9.17, 15) is 9.59 Å². The predicted molar refractivity (Wildman–Crippen MR) is 52.0 cm³/mol. The highest BCUT2D eigenvalue weighted by molar-refractivity contribution is 5.91. The summed E-state index contributed by atoms with van der Waals surface area (Å²) in [5, 5.41) is 0. The zero-order valence-electron chi connectivity index (χ0n) is 9.00.